The third-order valence-electron chi connectivity index (χ3n) is 3.86. The second-order valence-electron chi connectivity index (χ2n) is 5.14. The number of carbonyl (C=O) groups is 1. The van der Waals surface area contributed by atoms with Crippen LogP contribution in [0.15, 0.2) is 4.47 Å². The molecule has 1 heterocycles. The van der Waals surface area contributed by atoms with Crippen molar-refractivity contribution in [3.8, 4) is 0 Å². The van der Waals surface area contributed by atoms with Crippen LogP contribution in [-0.4, -0.2) is 15.6 Å². The fourth-order valence-corrected chi connectivity index (χ4v) is 3.20. The number of ketones is 1. The maximum absolute atomic E-state index is 12.3. The molecule has 0 aromatic carbocycles. The van der Waals surface area contributed by atoms with Gasteiger partial charge >= 0.3 is 0 Å². The van der Waals surface area contributed by atoms with E-state index in [0.29, 0.717) is 12.2 Å². The first-order valence-corrected chi connectivity index (χ1v) is 7.67. The van der Waals surface area contributed by atoms with Crippen LogP contribution in [0.1, 0.15) is 50.4 Å². The molecule has 0 N–H and O–H groups in total. The van der Waals surface area contributed by atoms with Crippen LogP contribution in [0.2, 0.25) is 0 Å². The van der Waals surface area contributed by atoms with Crippen molar-refractivity contribution in [1.29, 1.82) is 0 Å². The predicted octanol–water partition coefficient (Wildman–Crippen LogP) is 3.67. The minimum atomic E-state index is 0.283. The van der Waals surface area contributed by atoms with Gasteiger partial charge in [0.15, 0.2) is 0 Å². The Kier molecular flexibility index (Phi) is 4.60. The average molecular weight is 313 g/mol. The molecule has 1 aromatic heterocycles. The second-order valence-corrected chi connectivity index (χ2v) is 5.93. The Labute approximate surface area is 117 Å². The van der Waals surface area contributed by atoms with Crippen molar-refractivity contribution < 1.29 is 4.79 Å². The van der Waals surface area contributed by atoms with E-state index in [1.165, 1.54) is 19.3 Å². The summed E-state index contributed by atoms with van der Waals surface area (Å²) in [5.41, 5.74) is 2.02. The molecule has 3 nitrogen and oxygen atoms in total. The highest BCUT2D eigenvalue weighted by molar-refractivity contribution is 9.10. The van der Waals surface area contributed by atoms with Gasteiger partial charge in [0.05, 0.1) is 15.9 Å². The van der Waals surface area contributed by atoms with Crippen molar-refractivity contribution in [3.05, 3.63) is 15.9 Å². The van der Waals surface area contributed by atoms with Gasteiger partial charge in [-0.2, -0.15) is 5.10 Å². The zero-order valence-corrected chi connectivity index (χ0v) is 12.8. The normalized spacial score (nSPS) is 17.1. The number of aryl methyl sites for hydroxylation is 2. The molecule has 1 aromatic rings. The van der Waals surface area contributed by atoms with E-state index in [0.717, 1.165) is 35.2 Å². The summed E-state index contributed by atoms with van der Waals surface area (Å²) in [4.78, 5) is 12.3. The summed E-state index contributed by atoms with van der Waals surface area (Å²) in [6.07, 6.45) is 6.40. The van der Waals surface area contributed by atoms with Gasteiger partial charge in [0.25, 0.3) is 0 Å². The molecule has 1 saturated carbocycles. The Morgan fingerprint density at radius 3 is 2.67 bits per heavy atom. The van der Waals surface area contributed by atoms with Crippen LogP contribution in [0.4, 0.5) is 0 Å². The standard InChI is InChI=1S/C14H21BrN2O/c1-3-17-12(14(15)10(2)16-17)9-13(18)11-7-5-4-6-8-11/h11H,3-9H2,1-2H3. The molecule has 0 unspecified atom stereocenters. The number of Topliss-reactive ketones (excluding diaryl/α,β-unsaturated/α-hetero) is 1. The molecule has 1 aliphatic carbocycles. The van der Waals surface area contributed by atoms with E-state index in [1.807, 2.05) is 11.6 Å². The van der Waals surface area contributed by atoms with Gasteiger partial charge in [0.2, 0.25) is 0 Å². The molecule has 18 heavy (non-hydrogen) atoms. The lowest BCUT2D eigenvalue weighted by Gasteiger charge is -2.20. The van der Waals surface area contributed by atoms with Gasteiger partial charge in [-0.3, -0.25) is 9.48 Å². The third-order valence-corrected chi connectivity index (χ3v) is 4.89. The molecule has 1 fully saturated rings. The van der Waals surface area contributed by atoms with Crippen molar-refractivity contribution in [2.24, 2.45) is 5.92 Å². The van der Waals surface area contributed by atoms with E-state index in [1.54, 1.807) is 0 Å². The third kappa shape index (κ3) is 2.85. The van der Waals surface area contributed by atoms with Crippen molar-refractivity contribution in [2.45, 2.75) is 58.9 Å². The van der Waals surface area contributed by atoms with Gasteiger partial charge < -0.3 is 0 Å². The molecule has 0 spiro atoms. The fourth-order valence-electron chi connectivity index (χ4n) is 2.77. The first-order valence-electron chi connectivity index (χ1n) is 6.88. The van der Waals surface area contributed by atoms with E-state index in [4.69, 9.17) is 0 Å². The number of aromatic nitrogens is 2. The summed E-state index contributed by atoms with van der Waals surface area (Å²) in [5, 5.41) is 4.44. The molecule has 0 atom stereocenters. The summed E-state index contributed by atoms with van der Waals surface area (Å²) < 4.78 is 2.95. The molecule has 4 heteroatoms. The van der Waals surface area contributed by atoms with Gasteiger partial charge in [0, 0.05) is 18.9 Å². The van der Waals surface area contributed by atoms with Crippen LogP contribution in [0.25, 0.3) is 0 Å². The minimum absolute atomic E-state index is 0.283. The van der Waals surface area contributed by atoms with Gasteiger partial charge in [0.1, 0.15) is 5.78 Å². The second kappa shape index (κ2) is 6.00. The first kappa shape index (κ1) is 13.8. The zero-order valence-electron chi connectivity index (χ0n) is 11.2. The summed E-state index contributed by atoms with van der Waals surface area (Å²) in [6, 6.07) is 0. The predicted molar refractivity (Wildman–Crippen MR) is 75.6 cm³/mol. The van der Waals surface area contributed by atoms with Crippen molar-refractivity contribution >= 4 is 21.7 Å². The fraction of sp³-hybridized carbons (Fsp3) is 0.714. The van der Waals surface area contributed by atoms with E-state index in [2.05, 4.69) is 28.0 Å². The summed E-state index contributed by atoms with van der Waals surface area (Å²) in [6.45, 7) is 4.86. The Morgan fingerprint density at radius 2 is 2.06 bits per heavy atom. The number of nitrogens with zero attached hydrogens (tertiary/aromatic N) is 2. The molecule has 0 saturated heterocycles. The Balaban J connectivity index is 2.10. The molecular weight excluding hydrogens is 292 g/mol. The van der Waals surface area contributed by atoms with Gasteiger partial charge in [-0.05, 0) is 42.6 Å². The monoisotopic (exact) mass is 312 g/mol. The van der Waals surface area contributed by atoms with Crippen LogP contribution in [-0.2, 0) is 17.8 Å². The maximum Gasteiger partial charge on any atom is 0.141 e. The lowest BCUT2D eigenvalue weighted by Crippen LogP contribution is -2.21. The summed E-state index contributed by atoms with van der Waals surface area (Å²) >= 11 is 3.56. The van der Waals surface area contributed by atoms with Gasteiger partial charge in [-0.1, -0.05) is 19.3 Å². The molecule has 0 radical (unpaired) electrons. The van der Waals surface area contributed by atoms with Crippen molar-refractivity contribution in [3.63, 3.8) is 0 Å². The Bertz CT molecular complexity index is 433. The van der Waals surface area contributed by atoms with Crippen molar-refractivity contribution in [2.75, 3.05) is 0 Å². The Morgan fingerprint density at radius 1 is 1.39 bits per heavy atom. The molecule has 0 amide bonds. The molecule has 100 valence electrons. The molecule has 2 rings (SSSR count). The van der Waals surface area contributed by atoms with Gasteiger partial charge in [-0.15, -0.1) is 0 Å². The first-order chi connectivity index (χ1) is 8.63. The summed E-state index contributed by atoms with van der Waals surface area (Å²) in [5.74, 6) is 0.677. The minimum Gasteiger partial charge on any atom is -0.299 e. The van der Waals surface area contributed by atoms with Crippen molar-refractivity contribution in [1.82, 2.24) is 9.78 Å². The molecule has 0 aliphatic heterocycles. The summed E-state index contributed by atoms with van der Waals surface area (Å²) in [7, 11) is 0. The number of hydrogen-bond donors (Lipinski definition) is 0. The highest BCUT2D eigenvalue weighted by Crippen LogP contribution is 2.28. The van der Waals surface area contributed by atoms with E-state index >= 15 is 0 Å². The van der Waals surface area contributed by atoms with Crippen LogP contribution in [0.5, 0.6) is 0 Å². The maximum atomic E-state index is 12.3. The lowest BCUT2D eigenvalue weighted by atomic mass is 9.85. The molecular formula is C14H21BrN2O. The number of carbonyl (C=O) groups excluding carboxylic acids is 1. The Hall–Kier alpha value is -0.640. The molecule has 1 aliphatic rings. The highest BCUT2D eigenvalue weighted by Gasteiger charge is 2.23. The van der Waals surface area contributed by atoms with Gasteiger partial charge in [-0.25, -0.2) is 0 Å². The highest BCUT2D eigenvalue weighted by atomic mass is 79.9. The quantitative estimate of drug-likeness (QED) is 0.850. The SMILES string of the molecule is CCn1nc(C)c(Br)c1CC(=O)C1CCCCC1. The number of halogens is 1. The molecule has 0 bridgehead atoms. The average Bonchev–Trinajstić information content (AvgIpc) is 2.67. The van der Waals surface area contributed by atoms with Crippen LogP contribution >= 0.6 is 15.9 Å². The van der Waals surface area contributed by atoms with E-state index in [-0.39, 0.29) is 5.92 Å². The number of rotatable bonds is 4. The largest absolute Gasteiger partial charge is 0.299 e. The topological polar surface area (TPSA) is 34.9 Å². The van der Waals surface area contributed by atoms with Crippen LogP contribution in [0.3, 0.4) is 0 Å². The number of hydrogen-bond acceptors (Lipinski definition) is 2. The van der Waals surface area contributed by atoms with Crippen LogP contribution in [0, 0.1) is 12.8 Å². The van der Waals surface area contributed by atoms with E-state index in [9.17, 15) is 4.79 Å². The van der Waals surface area contributed by atoms with E-state index < -0.39 is 0 Å². The smallest absolute Gasteiger partial charge is 0.141 e. The zero-order chi connectivity index (χ0) is 13.1. The lowest BCUT2D eigenvalue weighted by molar-refractivity contribution is -0.123. The van der Waals surface area contributed by atoms with Crippen LogP contribution < -0.4 is 0 Å².